The average Bonchev–Trinajstić information content (AvgIpc) is 3.23. The number of piperidine rings is 1. The predicted molar refractivity (Wildman–Crippen MR) is 95.0 cm³/mol. The van der Waals surface area contributed by atoms with Gasteiger partial charge in [0.15, 0.2) is 0 Å². The number of hydrogen-bond donors (Lipinski definition) is 1. The van der Waals surface area contributed by atoms with E-state index in [0.717, 1.165) is 12.8 Å². The van der Waals surface area contributed by atoms with Gasteiger partial charge in [-0.1, -0.05) is 36.8 Å². The van der Waals surface area contributed by atoms with E-state index >= 15 is 0 Å². The van der Waals surface area contributed by atoms with Gasteiger partial charge in [-0.2, -0.15) is 0 Å². The van der Waals surface area contributed by atoms with E-state index in [1.807, 2.05) is 11.0 Å². The topological polar surface area (TPSA) is 57.6 Å². The summed E-state index contributed by atoms with van der Waals surface area (Å²) in [5.74, 6) is 0.504. The molecular formula is C21H27NO3. The Balaban J connectivity index is 1.55. The molecule has 25 heavy (non-hydrogen) atoms. The number of nitrogens with zero attached hydrogens (tertiary/aromatic N) is 1. The lowest BCUT2D eigenvalue weighted by molar-refractivity contribution is -0.151. The molecule has 2 bridgehead atoms. The second-order valence-corrected chi connectivity index (χ2v) is 8.30. The number of rotatable bonds is 4. The number of amides is 1. The number of carbonyl (C=O) groups excluding carboxylic acids is 1. The Labute approximate surface area is 149 Å². The van der Waals surface area contributed by atoms with Crippen molar-refractivity contribution in [3.8, 4) is 0 Å². The van der Waals surface area contributed by atoms with Crippen LogP contribution < -0.4 is 0 Å². The van der Waals surface area contributed by atoms with Gasteiger partial charge in [-0.25, -0.2) is 0 Å². The fraction of sp³-hybridized carbons (Fsp3) is 0.619. The predicted octanol–water partition coefficient (Wildman–Crippen LogP) is 3.36. The molecule has 0 aromatic heterocycles. The fourth-order valence-corrected chi connectivity index (χ4v) is 5.60. The van der Waals surface area contributed by atoms with Crippen molar-refractivity contribution in [1.29, 1.82) is 0 Å². The van der Waals surface area contributed by atoms with Gasteiger partial charge in [-0.05, 0) is 55.9 Å². The van der Waals surface area contributed by atoms with Crippen LogP contribution in [-0.2, 0) is 16.0 Å². The molecule has 1 heterocycles. The Hall–Kier alpha value is -1.84. The van der Waals surface area contributed by atoms with Gasteiger partial charge in [-0.15, -0.1) is 0 Å². The third-order valence-electron chi connectivity index (χ3n) is 6.90. The number of aliphatic carboxylic acids is 1. The van der Waals surface area contributed by atoms with E-state index < -0.39 is 5.97 Å². The van der Waals surface area contributed by atoms with Crippen LogP contribution in [0, 0.1) is 23.2 Å². The lowest BCUT2D eigenvalue weighted by atomic mass is 9.68. The van der Waals surface area contributed by atoms with Crippen LogP contribution in [0.3, 0.4) is 0 Å². The molecule has 3 atom stereocenters. The number of carboxylic acid groups (broad SMARTS) is 1. The van der Waals surface area contributed by atoms with Crippen LogP contribution in [0.15, 0.2) is 30.3 Å². The molecule has 1 N–H and O–H groups in total. The van der Waals surface area contributed by atoms with Gasteiger partial charge < -0.3 is 10.0 Å². The summed E-state index contributed by atoms with van der Waals surface area (Å²) >= 11 is 0. The molecule has 1 aromatic carbocycles. The SMILES string of the molecule is O=C(O)C1CCN(C(=O)C2(Cc3ccccc3)CC3CCC2C3)CC1. The third-order valence-corrected chi connectivity index (χ3v) is 6.90. The number of carboxylic acids is 1. The number of benzene rings is 1. The minimum Gasteiger partial charge on any atom is -0.481 e. The molecule has 1 amide bonds. The largest absolute Gasteiger partial charge is 0.481 e. The third kappa shape index (κ3) is 2.96. The molecule has 3 fully saturated rings. The lowest BCUT2D eigenvalue weighted by Crippen LogP contribution is -2.51. The summed E-state index contributed by atoms with van der Waals surface area (Å²) < 4.78 is 0. The molecular weight excluding hydrogens is 314 g/mol. The molecule has 3 aliphatic rings. The highest BCUT2D eigenvalue weighted by molar-refractivity contribution is 5.84. The maximum atomic E-state index is 13.6. The molecule has 134 valence electrons. The highest BCUT2D eigenvalue weighted by Crippen LogP contribution is 2.58. The van der Waals surface area contributed by atoms with E-state index in [1.54, 1.807) is 0 Å². The smallest absolute Gasteiger partial charge is 0.306 e. The Morgan fingerprint density at radius 2 is 1.80 bits per heavy atom. The quantitative estimate of drug-likeness (QED) is 0.913. The van der Waals surface area contributed by atoms with Crippen molar-refractivity contribution in [2.45, 2.75) is 44.9 Å². The molecule has 2 saturated carbocycles. The van der Waals surface area contributed by atoms with Crippen molar-refractivity contribution < 1.29 is 14.7 Å². The molecule has 3 unspecified atom stereocenters. The molecule has 4 heteroatoms. The van der Waals surface area contributed by atoms with Gasteiger partial charge in [0.2, 0.25) is 5.91 Å². The van der Waals surface area contributed by atoms with Crippen LogP contribution in [0.2, 0.25) is 0 Å². The zero-order chi connectivity index (χ0) is 17.4. The maximum Gasteiger partial charge on any atom is 0.306 e. The molecule has 4 nitrogen and oxygen atoms in total. The van der Waals surface area contributed by atoms with Crippen LogP contribution in [0.1, 0.15) is 44.1 Å². The van der Waals surface area contributed by atoms with E-state index in [4.69, 9.17) is 0 Å². The molecule has 1 saturated heterocycles. The van der Waals surface area contributed by atoms with Gasteiger partial charge in [0, 0.05) is 13.1 Å². The first-order valence-corrected chi connectivity index (χ1v) is 9.64. The molecule has 2 aliphatic carbocycles. The van der Waals surface area contributed by atoms with Crippen LogP contribution >= 0.6 is 0 Å². The highest BCUT2D eigenvalue weighted by atomic mass is 16.4. The van der Waals surface area contributed by atoms with E-state index in [1.165, 1.54) is 24.8 Å². The molecule has 4 rings (SSSR count). The molecule has 0 spiro atoms. The summed E-state index contributed by atoms with van der Waals surface area (Å²) in [6.07, 6.45) is 6.69. The van der Waals surface area contributed by atoms with E-state index in [2.05, 4.69) is 24.3 Å². The molecule has 0 radical (unpaired) electrons. The monoisotopic (exact) mass is 341 g/mol. The van der Waals surface area contributed by atoms with Crippen LogP contribution in [0.4, 0.5) is 0 Å². The van der Waals surface area contributed by atoms with Crippen molar-refractivity contribution >= 4 is 11.9 Å². The van der Waals surface area contributed by atoms with Gasteiger partial charge in [-0.3, -0.25) is 9.59 Å². The summed E-state index contributed by atoms with van der Waals surface area (Å²) in [6, 6.07) is 10.4. The van der Waals surface area contributed by atoms with Crippen LogP contribution in [-0.4, -0.2) is 35.0 Å². The average molecular weight is 341 g/mol. The molecule has 1 aromatic rings. The maximum absolute atomic E-state index is 13.6. The van der Waals surface area contributed by atoms with E-state index in [9.17, 15) is 14.7 Å². The summed E-state index contributed by atoms with van der Waals surface area (Å²) in [5, 5.41) is 9.20. The zero-order valence-electron chi connectivity index (χ0n) is 14.7. The second-order valence-electron chi connectivity index (χ2n) is 8.30. The Morgan fingerprint density at radius 1 is 1.08 bits per heavy atom. The van der Waals surface area contributed by atoms with Crippen molar-refractivity contribution in [2.24, 2.45) is 23.2 Å². The standard InChI is InChI=1S/C21H27NO3/c23-19(24)17-8-10-22(11-9-17)20(25)21(13-15-4-2-1-3-5-15)14-16-6-7-18(21)12-16/h1-5,16-18H,6-14H2,(H,23,24). The summed E-state index contributed by atoms with van der Waals surface area (Å²) in [6.45, 7) is 1.20. The van der Waals surface area contributed by atoms with Gasteiger partial charge in [0.25, 0.3) is 0 Å². The zero-order valence-corrected chi connectivity index (χ0v) is 14.7. The lowest BCUT2D eigenvalue weighted by Gasteiger charge is -2.42. The van der Waals surface area contributed by atoms with Crippen molar-refractivity contribution in [3.63, 3.8) is 0 Å². The Kier molecular flexibility index (Phi) is 4.30. The van der Waals surface area contributed by atoms with Gasteiger partial charge in [0.05, 0.1) is 11.3 Å². The molecule has 1 aliphatic heterocycles. The first kappa shape index (κ1) is 16.6. The number of fused-ring (bicyclic) bond motifs is 2. The van der Waals surface area contributed by atoms with Crippen LogP contribution in [0.25, 0.3) is 0 Å². The van der Waals surface area contributed by atoms with Gasteiger partial charge in [0.1, 0.15) is 0 Å². The summed E-state index contributed by atoms with van der Waals surface area (Å²) in [7, 11) is 0. The van der Waals surface area contributed by atoms with E-state index in [-0.39, 0.29) is 11.3 Å². The van der Waals surface area contributed by atoms with Crippen molar-refractivity contribution in [1.82, 2.24) is 4.90 Å². The summed E-state index contributed by atoms with van der Waals surface area (Å²) in [4.78, 5) is 26.7. The van der Waals surface area contributed by atoms with Crippen molar-refractivity contribution in [3.05, 3.63) is 35.9 Å². The van der Waals surface area contributed by atoms with Crippen molar-refractivity contribution in [2.75, 3.05) is 13.1 Å². The normalized spacial score (nSPS) is 32.1. The fourth-order valence-electron chi connectivity index (χ4n) is 5.60. The Morgan fingerprint density at radius 3 is 2.36 bits per heavy atom. The highest BCUT2D eigenvalue weighted by Gasteiger charge is 2.56. The number of carbonyl (C=O) groups is 2. The number of hydrogen-bond acceptors (Lipinski definition) is 2. The van der Waals surface area contributed by atoms with E-state index in [0.29, 0.717) is 43.7 Å². The summed E-state index contributed by atoms with van der Waals surface area (Å²) in [5.41, 5.74) is 1.00. The minimum atomic E-state index is -0.717. The number of likely N-dealkylation sites (tertiary alicyclic amines) is 1. The van der Waals surface area contributed by atoms with Crippen LogP contribution in [0.5, 0.6) is 0 Å². The Bertz CT molecular complexity index is 650. The first-order chi connectivity index (χ1) is 12.1. The second kappa shape index (κ2) is 6.47. The first-order valence-electron chi connectivity index (χ1n) is 9.64. The van der Waals surface area contributed by atoms with Gasteiger partial charge >= 0.3 is 5.97 Å². The minimum absolute atomic E-state index is 0.250.